The first-order valence-corrected chi connectivity index (χ1v) is 7.51. The number of rotatable bonds is 7. The van der Waals surface area contributed by atoms with Crippen molar-refractivity contribution in [1.29, 1.82) is 0 Å². The monoisotopic (exact) mass is 334 g/mol. The quantitative estimate of drug-likeness (QED) is 0.764. The Labute approximate surface area is 128 Å². The van der Waals surface area contributed by atoms with Crippen molar-refractivity contribution < 1.29 is 0 Å². The molecular formula is C15H19BrN4. The number of nitrogens with one attached hydrogen (secondary N) is 2. The molecule has 0 aromatic carbocycles. The number of aromatic nitrogens is 2. The van der Waals surface area contributed by atoms with Gasteiger partial charge in [0, 0.05) is 31.7 Å². The van der Waals surface area contributed by atoms with Crippen LogP contribution in [0.1, 0.15) is 17.5 Å². The Bertz CT molecular complexity index is 531. The molecule has 20 heavy (non-hydrogen) atoms. The second kappa shape index (κ2) is 7.97. The molecule has 4 nitrogen and oxygen atoms in total. The normalized spacial score (nSPS) is 10.5. The summed E-state index contributed by atoms with van der Waals surface area (Å²) in [6, 6.07) is 6.02. The van der Waals surface area contributed by atoms with E-state index in [0.29, 0.717) is 0 Å². The van der Waals surface area contributed by atoms with E-state index < -0.39 is 0 Å². The number of hydrogen-bond acceptors (Lipinski definition) is 4. The molecule has 0 bridgehead atoms. The zero-order chi connectivity index (χ0) is 14.2. The van der Waals surface area contributed by atoms with Crippen LogP contribution in [0.25, 0.3) is 0 Å². The number of hydrogen-bond donors (Lipinski definition) is 2. The Balaban J connectivity index is 1.63. The molecule has 0 saturated heterocycles. The number of aryl methyl sites for hydroxylation is 1. The fourth-order valence-corrected chi connectivity index (χ4v) is 2.19. The van der Waals surface area contributed by atoms with Gasteiger partial charge in [0.05, 0.1) is 4.47 Å². The summed E-state index contributed by atoms with van der Waals surface area (Å²) >= 11 is 3.55. The van der Waals surface area contributed by atoms with Crippen LogP contribution < -0.4 is 10.6 Å². The Morgan fingerprint density at radius 2 is 2.10 bits per heavy atom. The molecule has 0 unspecified atom stereocenters. The van der Waals surface area contributed by atoms with E-state index in [9.17, 15) is 0 Å². The van der Waals surface area contributed by atoms with Crippen LogP contribution in [-0.4, -0.2) is 23.1 Å². The molecule has 2 N–H and O–H groups in total. The van der Waals surface area contributed by atoms with Gasteiger partial charge in [0.25, 0.3) is 0 Å². The van der Waals surface area contributed by atoms with Crippen LogP contribution in [0.4, 0.5) is 5.82 Å². The third-order valence-electron chi connectivity index (χ3n) is 2.96. The summed E-state index contributed by atoms with van der Waals surface area (Å²) in [4.78, 5) is 8.41. The maximum atomic E-state index is 4.32. The van der Waals surface area contributed by atoms with Crippen molar-refractivity contribution in [2.75, 3.05) is 18.4 Å². The van der Waals surface area contributed by atoms with Crippen molar-refractivity contribution >= 4 is 21.7 Å². The molecule has 0 fully saturated rings. The zero-order valence-electron chi connectivity index (χ0n) is 11.6. The molecule has 0 aliphatic rings. The highest BCUT2D eigenvalue weighted by Gasteiger charge is 2.02. The second-order valence-corrected chi connectivity index (χ2v) is 5.40. The minimum Gasteiger partial charge on any atom is -0.369 e. The Kier molecular flexibility index (Phi) is 5.95. The SMILES string of the molecule is Cc1ccnc(NCCCNCc2cccnc2)c1Br. The molecule has 0 aliphatic carbocycles. The largest absolute Gasteiger partial charge is 0.369 e. The number of nitrogens with zero attached hydrogens (tertiary/aromatic N) is 2. The molecule has 0 atom stereocenters. The van der Waals surface area contributed by atoms with Crippen LogP contribution in [-0.2, 0) is 6.54 Å². The van der Waals surface area contributed by atoms with Crippen LogP contribution >= 0.6 is 15.9 Å². The van der Waals surface area contributed by atoms with Gasteiger partial charge in [-0.3, -0.25) is 4.98 Å². The van der Waals surface area contributed by atoms with Gasteiger partial charge in [-0.2, -0.15) is 0 Å². The van der Waals surface area contributed by atoms with Crippen molar-refractivity contribution in [1.82, 2.24) is 15.3 Å². The van der Waals surface area contributed by atoms with Gasteiger partial charge in [0.15, 0.2) is 0 Å². The molecule has 0 radical (unpaired) electrons. The van der Waals surface area contributed by atoms with Gasteiger partial charge in [0.1, 0.15) is 5.82 Å². The third kappa shape index (κ3) is 4.58. The van der Waals surface area contributed by atoms with E-state index in [1.807, 2.05) is 24.5 Å². The van der Waals surface area contributed by atoms with Crippen molar-refractivity contribution in [2.24, 2.45) is 0 Å². The van der Waals surface area contributed by atoms with E-state index in [1.54, 1.807) is 6.20 Å². The summed E-state index contributed by atoms with van der Waals surface area (Å²) < 4.78 is 1.04. The van der Waals surface area contributed by atoms with Crippen molar-refractivity contribution in [3.63, 3.8) is 0 Å². The lowest BCUT2D eigenvalue weighted by Crippen LogP contribution is -2.18. The van der Waals surface area contributed by atoms with E-state index in [4.69, 9.17) is 0 Å². The predicted octanol–water partition coefficient (Wildman–Crippen LogP) is 3.14. The maximum Gasteiger partial charge on any atom is 0.140 e. The first kappa shape index (κ1) is 14.9. The molecule has 5 heteroatoms. The van der Waals surface area contributed by atoms with Gasteiger partial charge in [-0.05, 0) is 59.1 Å². The van der Waals surface area contributed by atoms with Gasteiger partial charge >= 0.3 is 0 Å². The van der Waals surface area contributed by atoms with Crippen molar-refractivity contribution in [3.8, 4) is 0 Å². The standard InChI is InChI=1S/C15H19BrN4/c1-12-5-9-20-15(14(12)16)19-8-3-7-18-11-13-4-2-6-17-10-13/h2,4-6,9-10,18H,3,7-8,11H2,1H3,(H,19,20). The summed E-state index contributed by atoms with van der Waals surface area (Å²) in [6.07, 6.45) is 6.55. The van der Waals surface area contributed by atoms with Crippen LogP contribution in [0.3, 0.4) is 0 Å². The van der Waals surface area contributed by atoms with Crippen LogP contribution in [0.15, 0.2) is 41.3 Å². The van der Waals surface area contributed by atoms with E-state index in [1.165, 1.54) is 11.1 Å². The Morgan fingerprint density at radius 3 is 2.90 bits per heavy atom. The van der Waals surface area contributed by atoms with Crippen LogP contribution in [0.5, 0.6) is 0 Å². The molecule has 106 valence electrons. The lowest BCUT2D eigenvalue weighted by Gasteiger charge is -2.09. The van der Waals surface area contributed by atoms with Gasteiger partial charge in [-0.25, -0.2) is 4.98 Å². The Morgan fingerprint density at radius 1 is 1.20 bits per heavy atom. The molecule has 0 saturated carbocycles. The first-order chi connectivity index (χ1) is 9.77. The third-order valence-corrected chi connectivity index (χ3v) is 3.96. The molecule has 0 spiro atoms. The second-order valence-electron chi connectivity index (χ2n) is 4.61. The van der Waals surface area contributed by atoms with Crippen molar-refractivity contribution in [3.05, 3.63) is 52.4 Å². The number of anilines is 1. The first-order valence-electron chi connectivity index (χ1n) is 6.72. The topological polar surface area (TPSA) is 49.8 Å². The van der Waals surface area contributed by atoms with Gasteiger partial charge in [-0.15, -0.1) is 0 Å². The van der Waals surface area contributed by atoms with Gasteiger partial charge < -0.3 is 10.6 Å². The molecular weight excluding hydrogens is 316 g/mol. The highest BCUT2D eigenvalue weighted by atomic mass is 79.9. The summed E-state index contributed by atoms with van der Waals surface area (Å²) in [7, 11) is 0. The molecule has 2 aromatic heterocycles. The van der Waals surface area contributed by atoms with Gasteiger partial charge in [0.2, 0.25) is 0 Å². The van der Waals surface area contributed by atoms with Gasteiger partial charge in [-0.1, -0.05) is 6.07 Å². The van der Waals surface area contributed by atoms with Crippen LogP contribution in [0.2, 0.25) is 0 Å². The average Bonchev–Trinajstić information content (AvgIpc) is 2.48. The minimum atomic E-state index is 0.861. The number of halogens is 1. The summed E-state index contributed by atoms with van der Waals surface area (Å²) in [5, 5.41) is 6.74. The smallest absolute Gasteiger partial charge is 0.140 e. The Hall–Kier alpha value is -1.46. The molecule has 2 aromatic rings. The fourth-order valence-electron chi connectivity index (χ4n) is 1.82. The fraction of sp³-hybridized carbons (Fsp3) is 0.333. The molecule has 2 heterocycles. The molecule has 2 rings (SSSR count). The zero-order valence-corrected chi connectivity index (χ0v) is 13.2. The number of pyridine rings is 2. The summed E-state index contributed by atoms with van der Waals surface area (Å²) in [6.45, 7) is 4.78. The average molecular weight is 335 g/mol. The highest BCUT2D eigenvalue weighted by molar-refractivity contribution is 9.10. The highest BCUT2D eigenvalue weighted by Crippen LogP contribution is 2.22. The lowest BCUT2D eigenvalue weighted by molar-refractivity contribution is 0.661. The lowest BCUT2D eigenvalue weighted by atomic mass is 10.3. The maximum absolute atomic E-state index is 4.32. The van der Waals surface area contributed by atoms with Crippen LogP contribution in [0, 0.1) is 6.92 Å². The summed E-state index contributed by atoms with van der Waals surface area (Å²) in [5.41, 5.74) is 2.40. The molecule has 0 aliphatic heterocycles. The van der Waals surface area contributed by atoms with E-state index >= 15 is 0 Å². The van der Waals surface area contributed by atoms with E-state index in [2.05, 4.69) is 49.5 Å². The summed E-state index contributed by atoms with van der Waals surface area (Å²) in [5.74, 6) is 0.914. The van der Waals surface area contributed by atoms with E-state index in [-0.39, 0.29) is 0 Å². The molecule has 0 amide bonds. The van der Waals surface area contributed by atoms with Crippen molar-refractivity contribution in [2.45, 2.75) is 19.9 Å². The van der Waals surface area contributed by atoms with E-state index in [0.717, 1.165) is 36.3 Å². The minimum absolute atomic E-state index is 0.861. The predicted molar refractivity (Wildman–Crippen MR) is 85.7 cm³/mol.